The number of aromatic nitrogens is 1. The highest BCUT2D eigenvalue weighted by molar-refractivity contribution is 9.10. The summed E-state index contributed by atoms with van der Waals surface area (Å²) < 4.78 is 22.1. The third-order valence-corrected chi connectivity index (χ3v) is 5.01. The third-order valence-electron chi connectivity index (χ3n) is 3.61. The standard InChI is InChI=1S/C18H16BrFN2OS.BrH/c1-3-22-16(12-4-9-17(23-2)15(20)10-12)11-24-18(22)21-14-7-5-13(19)6-8-14;/h4-11H,3H2,1-2H3;1H. The minimum Gasteiger partial charge on any atom is -0.494 e. The van der Waals surface area contributed by atoms with Crippen LogP contribution in [0.5, 0.6) is 5.75 Å². The quantitative estimate of drug-likeness (QED) is 0.446. The summed E-state index contributed by atoms with van der Waals surface area (Å²) in [5, 5.41) is 2.00. The molecule has 3 rings (SSSR count). The number of nitrogens with zero attached hydrogens (tertiary/aromatic N) is 2. The maximum Gasteiger partial charge on any atom is 0.190 e. The fourth-order valence-electron chi connectivity index (χ4n) is 2.41. The van der Waals surface area contributed by atoms with Crippen LogP contribution in [0.2, 0.25) is 0 Å². The van der Waals surface area contributed by atoms with Gasteiger partial charge in [-0.3, -0.25) is 0 Å². The van der Waals surface area contributed by atoms with Crippen molar-refractivity contribution in [1.82, 2.24) is 4.57 Å². The predicted molar refractivity (Wildman–Crippen MR) is 110 cm³/mol. The molecule has 132 valence electrons. The Morgan fingerprint density at radius 3 is 2.52 bits per heavy atom. The van der Waals surface area contributed by atoms with Gasteiger partial charge < -0.3 is 9.30 Å². The summed E-state index contributed by atoms with van der Waals surface area (Å²) >= 11 is 4.96. The van der Waals surface area contributed by atoms with Gasteiger partial charge >= 0.3 is 0 Å². The Bertz CT molecular complexity index is 920. The molecule has 1 aromatic heterocycles. The molecule has 0 N–H and O–H groups in total. The minimum absolute atomic E-state index is 0. The number of ether oxygens (including phenoxy) is 1. The van der Waals surface area contributed by atoms with Crippen molar-refractivity contribution in [3.63, 3.8) is 0 Å². The highest BCUT2D eigenvalue weighted by Crippen LogP contribution is 2.26. The number of hydrogen-bond acceptors (Lipinski definition) is 3. The number of thiazole rings is 1. The summed E-state index contributed by atoms with van der Waals surface area (Å²) in [5.41, 5.74) is 2.64. The van der Waals surface area contributed by atoms with Crippen LogP contribution in [0, 0.1) is 5.82 Å². The van der Waals surface area contributed by atoms with Crippen molar-refractivity contribution in [2.45, 2.75) is 13.5 Å². The molecule has 0 saturated heterocycles. The average molecular weight is 488 g/mol. The van der Waals surface area contributed by atoms with Gasteiger partial charge in [0.2, 0.25) is 0 Å². The zero-order valence-electron chi connectivity index (χ0n) is 13.7. The average Bonchev–Trinajstić information content (AvgIpc) is 2.99. The van der Waals surface area contributed by atoms with Gasteiger partial charge in [0.05, 0.1) is 18.5 Å². The molecule has 2 aromatic carbocycles. The Hall–Kier alpha value is -1.44. The van der Waals surface area contributed by atoms with Crippen LogP contribution < -0.4 is 9.54 Å². The number of rotatable bonds is 4. The Morgan fingerprint density at radius 2 is 1.92 bits per heavy atom. The van der Waals surface area contributed by atoms with Gasteiger partial charge in [0, 0.05) is 22.0 Å². The van der Waals surface area contributed by atoms with Crippen molar-refractivity contribution in [2.75, 3.05) is 7.11 Å². The fourth-order valence-corrected chi connectivity index (χ4v) is 3.66. The topological polar surface area (TPSA) is 26.5 Å². The molecule has 0 unspecified atom stereocenters. The summed E-state index contributed by atoms with van der Waals surface area (Å²) in [5.74, 6) is -0.118. The third kappa shape index (κ3) is 4.40. The molecule has 0 fully saturated rings. The van der Waals surface area contributed by atoms with Crippen molar-refractivity contribution in [3.05, 3.63) is 62.9 Å². The van der Waals surface area contributed by atoms with E-state index in [0.717, 1.165) is 32.8 Å². The highest BCUT2D eigenvalue weighted by atomic mass is 79.9. The molecule has 7 heteroatoms. The largest absolute Gasteiger partial charge is 0.494 e. The molecule has 3 aromatic rings. The van der Waals surface area contributed by atoms with E-state index >= 15 is 0 Å². The van der Waals surface area contributed by atoms with Crippen molar-refractivity contribution < 1.29 is 9.13 Å². The lowest BCUT2D eigenvalue weighted by atomic mass is 10.1. The lowest BCUT2D eigenvalue weighted by molar-refractivity contribution is 0.386. The van der Waals surface area contributed by atoms with E-state index in [4.69, 9.17) is 9.73 Å². The Morgan fingerprint density at radius 1 is 1.20 bits per heavy atom. The van der Waals surface area contributed by atoms with Gasteiger partial charge in [-0.25, -0.2) is 9.38 Å². The van der Waals surface area contributed by atoms with Crippen LogP contribution in [-0.4, -0.2) is 11.7 Å². The van der Waals surface area contributed by atoms with Crippen LogP contribution >= 0.6 is 44.2 Å². The molecule has 1 heterocycles. The summed E-state index contributed by atoms with van der Waals surface area (Å²) in [4.78, 5) is 5.58. The lowest BCUT2D eigenvalue weighted by Gasteiger charge is -2.08. The van der Waals surface area contributed by atoms with Crippen LogP contribution in [-0.2, 0) is 6.54 Å². The maximum atomic E-state index is 14.0. The Labute approximate surface area is 168 Å². The van der Waals surface area contributed by atoms with Crippen LogP contribution in [0.3, 0.4) is 0 Å². The highest BCUT2D eigenvalue weighted by Gasteiger charge is 2.10. The molecule has 0 radical (unpaired) electrons. The van der Waals surface area contributed by atoms with Crippen molar-refractivity contribution in [1.29, 1.82) is 0 Å². The predicted octanol–water partition coefficient (Wildman–Crippen LogP) is 5.96. The van der Waals surface area contributed by atoms with E-state index in [0.29, 0.717) is 0 Å². The normalized spacial score (nSPS) is 11.3. The van der Waals surface area contributed by atoms with Crippen molar-refractivity contribution >= 4 is 49.9 Å². The van der Waals surface area contributed by atoms with Gasteiger partial charge in [-0.05, 0) is 49.4 Å². The Kier molecular flexibility index (Phi) is 6.98. The van der Waals surface area contributed by atoms with Gasteiger partial charge in [0.15, 0.2) is 16.4 Å². The number of halogens is 3. The van der Waals surface area contributed by atoms with E-state index in [1.54, 1.807) is 17.4 Å². The zero-order chi connectivity index (χ0) is 17.1. The second-order valence-corrected chi connectivity index (χ2v) is 6.84. The summed E-state index contributed by atoms with van der Waals surface area (Å²) in [6.45, 7) is 2.80. The Balaban J connectivity index is 0.00000225. The minimum atomic E-state index is -0.366. The molecule has 0 atom stereocenters. The van der Waals surface area contributed by atoms with Crippen LogP contribution in [0.1, 0.15) is 6.92 Å². The first-order valence-electron chi connectivity index (χ1n) is 7.45. The monoisotopic (exact) mass is 486 g/mol. The second kappa shape index (κ2) is 8.78. The molecular weight excluding hydrogens is 471 g/mol. The van der Waals surface area contributed by atoms with Crippen LogP contribution in [0.25, 0.3) is 11.3 Å². The first-order valence-corrected chi connectivity index (χ1v) is 9.12. The zero-order valence-corrected chi connectivity index (χ0v) is 17.8. The smallest absolute Gasteiger partial charge is 0.190 e. The van der Waals surface area contributed by atoms with Gasteiger partial charge in [0.1, 0.15) is 0 Å². The van der Waals surface area contributed by atoms with E-state index in [2.05, 4.69) is 27.4 Å². The van der Waals surface area contributed by atoms with Gasteiger partial charge in [0.25, 0.3) is 0 Å². The first kappa shape index (κ1) is 19.9. The summed E-state index contributed by atoms with van der Waals surface area (Å²) in [6, 6.07) is 12.8. The number of benzene rings is 2. The maximum absolute atomic E-state index is 14.0. The first-order chi connectivity index (χ1) is 11.6. The van der Waals surface area contributed by atoms with Crippen LogP contribution in [0.15, 0.2) is 57.3 Å². The van der Waals surface area contributed by atoms with Crippen molar-refractivity contribution in [3.8, 4) is 17.0 Å². The van der Waals surface area contributed by atoms with Gasteiger partial charge in [-0.15, -0.1) is 28.3 Å². The summed E-state index contributed by atoms with van der Waals surface area (Å²) in [7, 11) is 1.46. The van der Waals surface area contributed by atoms with E-state index in [-0.39, 0.29) is 28.5 Å². The molecule has 0 aliphatic rings. The second-order valence-electron chi connectivity index (χ2n) is 5.09. The number of hydrogen-bond donors (Lipinski definition) is 0. The molecule has 0 spiro atoms. The van der Waals surface area contributed by atoms with E-state index < -0.39 is 0 Å². The lowest BCUT2D eigenvalue weighted by Crippen LogP contribution is -2.14. The van der Waals surface area contributed by atoms with Crippen molar-refractivity contribution in [2.24, 2.45) is 4.99 Å². The van der Waals surface area contributed by atoms with E-state index in [1.807, 2.05) is 35.7 Å². The number of methoxy groups -OCH3 is 1. The molecule has 0 saturated carbocycles. The fraction of sp³-hybridized carbons (Fsp3) is 0.167. The SMILES string of the molecule is Br.CCn1c(-c2ccc(OC)c(F)c2)csc1=Nc1ccc(Br)cc1. The van der Waals surface area contributed by atoms with Gasteiger partial charge in [-0.2, -0.15) is 0 Å². The molecule has 0 bridgehead atoms. The van der Waals surface area contributed by atoms with E-state index in [9.17, 15) is 4.39 Å². The molecule has 3 nitrogen and oxygen atoms in total. The van der Waals surface area contributed by atoms with E-state index in [1.165, 1.54) is 13.2 Å². The molecular formula is C18H17Br2FN2OS. The molecule has 0 aliphatic heterocycles. The van der Waals surface area contributed by atoms with Gasteiger partial charge in [-0.1, -0.05) is 15.9 Å². The summed E-state index contributed by atoms with van der Waals surface area (Å²) in [6.07, 6.45) is 0. The van der Waals surface area contributed by atoms with Crippen LogP contribution in [0.4, 0.5) is 10.1 Å². The molecule has 0 aliphatic carbocycles. The molecule has 25 heavy (non-hydrogen) atoms. The molecule has 0 amide bonds.